The van der Waals surface area contributed by atoms with Crippen molar-refractivity contribution in [2.75, 3.05) is 0 Å². The quantitative estimate of drug-likeness (QED) is 0.184. The Balaban J connectivity index is 1.24. The second kappa shape index (κ2) is 11.1. The highest BCUT2D eigenvalue weighted by atomic mass is 32.1. The van der Waals surface area contributed by atoms with Crippen LogP contribution in [0.3, 0.4) is 0 Å². The smallest absolute Gasteiger partial charge is 0.164 e. The van der Waals surface area contributed by atoms with Crippen LogP contribution in [0, 0.1) is 0 Å². The van der Waals surface area contributed by atoms with Gasteiger partial charge in [-0.05, 0) is 24.3 Å². The predicted octanol–water partition coefficient (Wildman–Crippen LogP) is 11.5. The highest BCUT2D eigenvalue weighted by Gasteiger charge is 2.25. The SMILES string of the molecule is c1ccc(-c2nc(-c3ccccc3)nc(-c3cccc(-n4c5ccccc5c5c6c7ccccc7sc6c6c7ncncc7sc6c54)c3)n2)cc1. The van der Waals surface area contributed by atoms with Crippen molar-refractivity contribution in [1.82, 2.24) is 29.5 Å². The van der Waals surface area contributed by atoms with Gasteiger partial charge >= 0.3 is 0 Å². The van der Waals surface area contributed by atoms with Gasteiger partial charge in [-0.15, -0.1) is 22.7 Å². The van der Waals surface area contributed by atoms with E-state index in [2.05, 4.69) is 82.3 Å². The summed E-state index contributed by atoms with van der Waals surface area (Å²) in [5.41, 5.74) is 7.15. The normalized spacial score (nSPS) is 11.9. The number of benzene rings is 6. The van der Waals surface area contributed by atoms with Crippen molar-refractivity contribution < 1.29 is 0 Å². The molecule has 11 rings (SSSR count). The van der Waals surface area contributed by atoms with Gasteiger partial charge in [0.1, 0.15) is 6.33 Å². The standard InChI is InChI=1S/C43H24N6S2/c1-3-12-25(13-4-1)41-46-42(26-14-5-2-6-15-26)48-43(47-41)27-16-11-17-28(22-27)49-31-20-9-7-18-29(31)34-35-30-19-8-10-21-32(30)50-39(35)36-37-33(23-44-24-45-37)51-40(36)38(34)49/h1-24H. The molecule has 5 aromatic heterocycles. The summed E-state index contributed by atoms with van der Waals surface area (Å²) in [5.74, 6) is 1.90. The first kappa shape index (κ1) is 28.5. The van der Waals surface area contributed by atoms with Gasteiger partial charge in [0.15, 0.2) is 17.5 Å². The molecule has 0 unspecified atom stereocenters. The van der Waals surface area contributed by atoms with Crippen molar-refractivity contribution >= 4 is 85.0 Å². The van der Waals surface area contributed by atoms with Crippen LogP contribution >= 0.6 is 22.7 Å². The van der Waals surface area contributed by atoms with Crippen molar-refractivity contribution in [2.45, 2.75) is 0 Å². The Kier molecular flexibility index (Phi) is 6.19. The number of aromatic nitrogens is 6. The molecule has 0 spiro atoms. The fourth-order valence-electron chi connectivity index (χ4n) is 7.39. The molecule has 0 saturated carbocycles. The second-order valence-corrected chi connectivity index (χ2v) is 14.6. The van der Waals surface area contributed by atoms with Crippen LogP contribution in [-0.4, -0.2) is 29.5 Å². The summed E-state index contributed by atoms with van der Waals surface area (Å²) < 4.78 is 7.25. The van der Waals surface area contributed by atoms with Crippen LogP contribution in [0.1, 0.15) is 0 Å². The largest absolute Gasteiger partial charge is 0.308 e. The van der Waals surface area contributed by atoms with Gasteiger partial charge in [0.05, 0.1) is 25.9 Å². The Morgan fingerprint density at radius 1 is 0.490 bits per heavy atom. The van der Waals surface area contributed by atoms with Gasteiger partial charge in [0.2, 0.25) is 0 Å². The van der Waals surface area contributed by atoms with E-state index in [1.165, 1.54) is 46.5 Å². The molecule has 0 radical (unpaired) electrons. The molecule has 0 aliphatic heterocycles. The molecule has 6 aromatic carbocycles. The molecule has 5 heterocycles. The molecule has 0 bridgehead atoms. The Hall–Kier alpha value is -6.35. The monoisotopic (exact) mass is 688 g/mol. The number of fused-ring (bicyclic) bond motifs is 12. The van der Waals surface area contributed by atoms with E-state index < -0.39 is 0 Å². The Morgan fingerprint density at radius 2 is 1.12 bits per heavy atom. The summed E-state index contributed by atoms with van der Waals surface area (Å²) in [6.07, 6.45) is 3.61. The van der Waals surface area contributed by atoms with Crippen LogP contribution in [0.2, 0.25) is 0 Å². The first-order chi connectivity index (χ1) is 25.3. The van der Waals surface area contributed by atoms with E-state index in [4.69, 9.17) is 19.9 Å². The predicted molar refractivity (Wildman–Crippen MR) is 212 cm³/mol. The molecule has 0 fully saturated rings. The zero-order valence-electron chi connectivity index (χ0n) is 26.9. The van der Waals surface area contributed by atoms with E-state index in [0.29, 0.717) is 17.5 Å². The molecular weight excluding hydrogens is 665 g/mol. The minimum absolute atomic E-state index is 0.624. The van der Waals surface area contributed by atoms with Gasteiger partial charge in [-0.3, -0.25) is 0 Å². The zero-order chi connectivity index (χ0) is 33.5. The molecular formula is C43H24N6S2. The van der Waals surface area contributed by atoms with Gasteiger partial charge < -0.3 is 4.57 Å². The lowest BCUT2D eigenvalue weighted by Crippen LogP contribution is -2.01. The first-order valence-corrected chi connectivity index (χ1v) is 18.3. The maximum atomic E-state index is 5.05. The lowest BCUT2D eigenvalue weighted by atomic mass is 10.0. The third-order valence-electron chi connectivity index (χ3n) is 9.58. The molecule has 0 atom stereocenters. The minimum Gasteiger partial charge on any atom is -0.308 e. The van der Waals surface area contributed by atoms with Crippen LogP contribution in [0.15, 0.2) is 146 Å². The van der Waals surface area contributed by atoms with E-state index >= 15 is 0 Å². The van der Waals surface area contributed by atoms with E-state index in [1.807, 2.05) is 78.2 Å². The molecule has 0 saturated heterocycles. The molecule has 0 N–H and O–H groups in total. The summed E-state index contributed by atoms with van der Waals surface area (Å²) in [7, 11) is 0. The maximum absolute atomic E-state index is 5.05. The average Bonchev–Trinajstić information content (AvgIpc) is 3.88. The Labute approximate surface area is 299 Å². The lowest BCUT2D eigenvalue weighted by Gasteiger charge is -2.12. The van der Waals surface area contributed by atoms with Gasteiger partial charge in [0.25, 0.3) is 0 Å². The fourth-order valence-corrected chi connectivity index (χ4v) is 9.89. The molecule has 238 valence electrons. The number of thiophene rings is 2. The second-order valence-electron chi connectivity index (χ2n) is 12.5. The summed E-state index contributed by atoms with van der Waals surface area (Å²) >= 11 is 3.62. The first-order valence-electron chi connectivity index (χ1n) is 16.7. The van der Waals surface area contributed by atoms with Crippen LogP contribution < -0.4 is 0 Å². The van der Waals surface area contributed by atoms with E-state index in [9.17, 15) is 0 Å². The fraction of sp³-hybridized carbons (Fsp3) is 0. The van der Waals surface area contributed by atoms with Crippen molar-refractivity contribution in [3.05, 3.63) is 146 Å². The minimum atomic E-state index is 0.624. The van der Waals surface area contributed by atoms with Crippen molar-refractivity contribution in [3.63, 3.8) is 0 Å². The number of hydrogen-bond donors (Lipinski definition) is 0. The van der Waals surface area contributed by atoms with Crippen LogP contribution in [0.25, 0.3) is 102 Å². The van der Waals surface area contributed by atoms with Crippen molar-refractivity contribution in [2.24, 2.45) is 0 Å². The molecule has 8 heteroatoms. The highest BCUT2D eigenvalue weighted by Crippen LogP contribution is 2.51. The Morgan fingerprint density at radius 3 is 1.88 bits per heavy atom. The molecule has 0 aliphatic carbocycles. The Bertz CT molecular complexity index is 3090. The third-order valence-corrected chi connectivity index (χ3v) is 11.9. The summed E-state index contributed by atoms with van der Waals surface area (Å²) in [6.45, 7) is 0. The summed E-state index contributed by atoms with van der Waals surface area (Å²) in [4.78, 5) is 24.3. The maximum Gasteiger partial charge on any atom is 0.164 e. The topological polar surface area (TPSA) is 69.4 Å². The average molecular weight is 689 g/mol. The van der Waals surface area contributed by atoms with Crippen LogP contribution in [0.4, 0.5) is 0 Å². The van der Waals surface area contributed by atoms with E-state index in [0.717, 1.165) is 38.1 Å². The number of nitrogens with zero attached hydrogens (tertiary/aromatic N) is 6. The lowest BCUT2D eigenvalue weighted by molar-refractivity contribution is 1.07. The third kappa shape index (κ3) is 4.30. The molecule has 0 amide bonds. The van der Waals surface area contributed by atoms with Crippen molar-refractivity contribution in [1.29, 1.82) is 0 Å². The van der Waals surface area contributed by atoms with Gasteiger partial charge in [-0.2, -0.15) is 0 Å². The van der Waals surface area contributed by atoms with E-state index in [1.54, 1.807) is 17.7 Å². The van der Waals surface area contributed by atoms with Crippen LogP contribution in [0.5, 0.6) is 0 Å². The van der Waals surface area contributed by atoms with Gasteiger partial charge in [-0.1, -0.05) is 109 Å². The number of rotatable bonds is 4. The summed E-state index contributed by atoms with van der Waals surface area (Å²) in [5, 5.41) is 6.21. The van der Waals surface area contributed by atoms with Gasteiger partial charge in [0, 0.05) is 64.9 Å². The van der Waals surface area contributed by atoms with E-state index in [-0.39, 0.29) is 0 Å². The number of hydrogen-bond acceptors (Lipinski definition) is 7. The zero-order valence-corrected chi connectivity index (χ0v) is 28.5. The van der Waals surface area contributed by atoms with Gasteiger partial charge in [-0.25, -0.2) is 24.9 Å². The molecule has 0 aliphatic rings. The highest BCUT2D eigenvalue weighted by molar-refractivity contribution is 7.30. The molecule has 11 aromatic rings. The van der Waals surface area contributed by atoms with Crippen molar-refractivity contribution in [3.8, 4) is 39.9 Å². The van der Waals surface area contributed by atoms with Crippen LogP contribution in [-0.2, 0) is 0 Å². The molecule has 6 nitrogen and oxygen atoms in total. The summed E-state index contributed by atoms with van der Waals surface area (Å²) in [6, 6.07) is 46.3. The molecule has 51 heavy (non-hydrogen) atoms. The number of para-hydroxylation sites is 1.